The van der Waals surface area contributed by atoms with Crippen molar-refractivity contribution in [3.8, 4) is 0 Å². The predicted octanol–water partition coefficient (Wildman–Crippen LogP) is 6.45. The number of piperidine rings is 1. The van der Waals surface area contributed by atoms with Crippen LogP contribution in [0.5, 0.6) is 0 Å². The fourth-order valence-corrected chi connectivity index (χ4v) is 4.72. The van der Waals surface area contributed by atoms with Crippen LogP contribution in [0, 0.1) is 5.92 Å². The normalized spacial score (nSPS) is 14.0. The highest BCUT2D eigenvalue weighted by Crippen LogP contribution is 2.29. The summed E-state index contributed by atoms with van der Waals surface area (Å²) < 4.78 is 5.38. The summed E-state index contributed by atoms with van der Waals surface area (Å²) in [6.07, 6.45) is 8.96. The number of unbranched alkanes of at least 4 members (excludes halogenated alkanes) is 3. The zero-order chi connectivity index (χ0) is 26.5. The molecule has 0 bridgehead atoms. The molecular weight excluding hydrogens is 462 g/mol. The molecule has 6 heteroatoms. The maximum absolute atomic E-state index is 13.2. The molecule has 1 heterocycles. The minimum Gasteiger partial charge on any atom is -0.382 e. The molecule has 3 rings (SSSR count). The number of hydrogen-bond donors (Lipinski definition) is 2. The number of ether oxygens (including phenoxy) is 1. The zero-order valence-corrected chi connectivity index (χ0v) is 23.0. The van der Waals surface area contributed by atoms with E-state index >= 15 is 0 Å². The van der Waals surface area contributed by atoms with Crippen LogP contribution in [-0.4, -0.2) is 44.7 Å². The maximum Gasteiger partial charge on any atom is 0.255 e. The van der Waals surface area contributed by atoms with Crippen LogP contribution in [-0.2, 0) is 11.2 Å². The third-order valence-electron chi connectivity index (χ3n) is 7.11. The number of amides is 2. The van der Waals surface area contributed by atoms with E-state index < -0.39 is 0 Å². The molecule has 202 valence electrons. The van der Waals surface area contributed by atoms with Gasteiger partial charge in [-0.05, 0) is 80.8 Å². The van der Waals surface area contributed by atoms with Crippen LogP contribution in [0.25, 0.3) is 0 Å². The van der Waals surface area contributed by atoms with E-state index in [1.165, 1.54) is 31.2 Å². The predicted molar refractivity (Wildman–Crippen MR) is 153 cm³/mol. The van der Waals surface area contributed by atoms with Gasteiger partial charge in [0.15, 0.2) is 0 Å². The molecule has 2 aromatic carbocycles. The van der Waals surface area contributed by atoms with Crippen molar-refractivity contribution in [3.05, 3.63) is 59.2 Å². The van der Waals surface area contributed by atoms with Gasteiger partial charge in [0.1, 0.15) is 0 Å². The molecule has 0 atom stereocenters. The first-order valence-corrected chi connectivity index (χ1v) is 14.2. The minimum absolute atomic E-state index is 0.117. The van der Waals surface area contributed by atoms with E-state index in [1.807, 2.05) is 49.4 Å². The van der Waals surface area contributed by atoms with Gasteiger partial charge in [0.05, 0.1) is 5.56 Å². The molecule has 0 unspecified atom stereocenters. The quantitative estimate of drug-likeness (QED) is 0.288. The number of aryl methyl sites for hydroxylation is 1. The third-order valence-corrected chi connectivity index (χ3v) is 7.11. The average molecular weight is 508 g/mol. The Kier molecular flexibility index (Phi) is 12.0. The van der Waals surface area contributed by atoms with E-state index in [0.29, 0.717) is 42.5 Å². The molecule has 1 fully saturated rings. The monoisotopic (exact) mass is 507 g/mol. The highest BCUT2D eigenvalue weighted by molar-refractivity contribution is 6.06. The summed E-state index contributed by atoms with van der Waals surface area (Å²) in [6.45, 7) is 10.2. The number of carbonyl (C=O) groups is 2. The maximum atomic E-state index is 13.2. The lowest BCUT2D eigenvalue weighted by atomic mass is 9.97. The number of carbonyl (C=O) groups excluding carboxylic acids is 2. The van der Waals surface area contributed by atoms with E-state index in [4.69, 9.17) is 4.74 Å². The number of hydrogen-bond acceptors (Lipinski definition) is 4. The molecule has 6 nitrogen and oxygen atoms in total. The van der Waals surface area contributed by atoms with Crippen LogP contribution in [0.1, 0.15) is 92.0 Å². The van der Waals surface area contributed by atoms with Gasteiger partial charge in [-0.3, -0.25) is 9.59 Å². The van der Waals surface area contributed by atoms with Crippen molar-refractivity contribution in [3.63, 3.8) is 0 Å². The second-order valence-electron chi connectivity index (χ2n) is 10.2. The van der Waals surface area contributed by atoms with Gasteiger partial charge in [-0.2, -0.15) is 0 Å². The van der Waals surface area contributed by atoms with Gasteiger partial charge in [-0.15, -0.1) is 0 Å². The van der Waals surface area contributed by atoms with Crippen molar-refractivity contribution in [2.24, 2.45) is 5.92 Å². The van der Waals surface area contributed by atoms with Gasteiger partial charge in [0.2, 0.25) is 0 Å². The highest BCUT2D eigenvalue weighted by Gasteiger charge is 2.22. The van der Waals surface area contributed by atoms with E-state index in [1.54, 1.807) is 0 Å². The topological polar surface area (TPSA) is 70.7 Å². The molecule has 0 aromatic heterocycles. The molecule has 37 heavy (non-hydrogen) atoms. The molecule has 2 aromatic rings. The summed E-state index contributed by atoms with van der Waals surface area (Å²) in [5, 5.41) is 6.03. The van der Waals surface area contributed by atoms with Gasteiger partial charge < -0.3 is 20.3 Å². The van der Waals surface area contributed by atoms with Crippen molar-refractivity contribution >= 4 is 23.2 Å². The Balaban J connectivity index is 1.68. The largest absolute Gasteiger partial charge is 0.382 e. The van der Waals surface area contributed by atoms with Crippen LogP contribution in [0.2, 0.25) is 0 Å². The summed E-state index contributed by atoms with van der Waals surface area (Å²) in [4.78, 5) is 28.4. The second kappa shape index (κ2) is 15.4. The smallest absolute Gasteiger partial charge is 0.255 e. The number of nitrogens with one attached hydrogen (secondary N) is 2. The van der Waals surface area contributed by atoms with Gasteiger partial charge >= 0.3 is 0 Å². The lowest BCUT2D eigenvalue weighted by Gasteiger charge is -2.33. The number of anilines is 2. The Labute approximate surface area is 223 Å². The number of rotatable bonds is 14. The van der Waals surface area contributed by atoms with Crippen molar-refractivity contribution in [2.75, 3.05) is 43.1 Å². The first-order chi connectivity index (χ1) is 18.0. The molecule has 0 spiro atoms. The Morgan fingerprint density at radius 3 is 2.41 bits per heavy atom. The Hall–Kier alpha value is -2.86. The second-order valence-corrected chi connectivity index (χ2v) is 10.2. The van der Waals surface area contributed by atoms with Gasteiger partial charge in [0, 0.05) is 49.8 Å². The van der Waals surface area contributed by atoms with Crippen LogP contribution in [0.3, 0.4) is 0 Å². The van der Waals surface area contributed by atoms with E-state index in [9.17, 15) is 9.59 Å². The number of nitrogens with zero attached hydrogens (tertiary/aromatic N) is 1. The van der Waals surface area contributed by atoms with Crippen molar-refractivity contribution in [2.45, 2.75) is 72.1 Å². The fraction of sp³-hybridized carbons (Fsp3) is 0.548. The molecule has 1 aliphatic rings. The van der Waals surface area contributed by atoms with E-state index in [-0.39, 0.29) is 11.8 Å². The third kappa shape index (κ3) is 9.19. The Bertz CT molecular complexity index is 982. The molecule has 2 amide bonds. The summed E-state index contributed by atoms with van der Waals surface area (Å²) in [5.74, 6) is 0.419. The van der Waals surface area contributed by atoms with Crippen molar-refractivity contribution in [1.82, 2.24) is 5.32 Å². The minimum atomic E-state index is -0.167. The highest BCUT2D eigenvalue weighted by atomic mass is 16.5. The van der Waals surface area contributed by atoms with E-state index in [0.717, 1.165) is 44.5 Å². The molecule has 0 saturated carbocycles. The van der Waals surface area contributed by atoms with Crippen molar-refractivity contribution in [1.29, 1.82) is 0 Å². The summed E-state index contributed by atoms with van der Waals surface area (Å²) in [7, 11) is 0. The number of benzene rings is 2. The van der Waals surface area contributed by atoms with Crippen LogP contribution < -0.4 is 15.5 Å². The van der Waals surface area contributed by atoms with E-state index in [2.05, 4.69) is 29.4 Å². The molecule has 2 N–H and O–H groups in total. The van der Waals surface area contributed by atoms with Crippen LogP contribution >= 0.6 is 0 Å². The summed E-state index contributed by atoms with van der Waals surface area (Å²) >= 11 is 0. The SMILES string of the molecule is CCCCCCc1ccc(C(=O)Nc2ccc(N3CCC(C)CC3)c(C(=O)NCCCOCC)c2)cc1. The standard InChI is InChI=1S/C31H45N3O3/c1-4-6-7-8-10-25-11-13-26(14-12-25)30(35)33-27-15-16-29(34-20-17-24(3)18-21-34)28(23-27)31(36)32-19-9-22-37-5-2/h11-16,23-24H,4-10,17-22H2,1-3H3,(H,32,36)(H,33,35). The van der Waals surface area contributed by atoms with Crippen LogP contribution in [0.15, 0.2) is 42.5 Å². The van der Waals surface area contributed by atoms with Gasteiger partial charge in [0.25, 0.3) is 11.8 Å². The Morgan fingerprint density at radius 2 is 1.70 bits per heavy atom. The Morgan fingerprint density at radius 1 is 0.946 bits per heavy atom. The molecule has 1 aliphatic heterocycles. The molecular formula is C31H45N3O3. The molecule has 0 aliphatic carbocycles. The molecule has 1 saturated heterocycles. The summed E-state index contributed by atoms with van der Waals surface area (Å²) in [6, 6.07) is 13.6. The molecule has 0 radical (unpaired) electrons. The zero-order valence-electron chi connectivity index (χ0n) is 23.0. The van der Waals surface area contributed by atoms with Gasteiger partial charge in [-0.1, -0.05) is 45.2 Å². The van der Waals surface area contributed by atoms with Crippen molar-refractivity contribution < 1.29 is 14.3 Å². The summed E-state index contributed by atoms with van der Waals surface area (Å²) in [5.41, 5.74) is 4.04. The average Bonchev–Trinajstić information content (AvgIpc) is 2.92. The van der Waals surface area contributed by atoms with Crippen LogP contribution in [0.4, 0.5) is 11.4 Å². The van der Waals surface area contributed by atoms with Gasteiger partial charge in [-0.25, -0.2) is 0 Å². The lowest BCUT2D eigenvalue weighted by Crippen LogP contribution is -2.35. The fourth-order valence-electron chi connectivity index (χ4n) is 4.72. The first kappa shape index (κ1) is 28.7. The first-order valence-electron chi connectivity index (χ1n) is 14.2. The lowest BCUT2D eigenvalue weighted by molar-refractivity contribution is 0.0943.